The van der Waals surface area contributed by atoms with Crippen molar-refractivity contribution in [2.45, 2.75) is 18.7 Å². The number of ether oxygens (including phenoxy) is 1. The van der Waals surface area contributed by atoms with Crippen molar-refractivity contribution < 1.29 is 13.2 Å². The molecule has 0 aliphatic rings. The zero-order chi connectivity index (χ0) is 16.2. The number of methoxy groups -OCH3 is 1. The molecular formula is C17H21NO3S. The van der Waals surface area contributed by atoms with Crippen LogP contribution in [0, 0.1) is 5.92 Å². The minimum absolute atomic E-state index is 0.209. The third kappa shape index (κ3) is 3.60. The summed E-state index contributed by atoms with van der Waals surface area (Å²) in [6.07, 6.45) is 0. The van der Waals surface area contributed by atoms with E-state index in [1.54, 1.807) is 61.7 Å². The van der Waals surface area contributed by atoms with Crippen molar-refractivity contribution in [1.82, 2.24) is 0 Å². The van der Waals surface area contributed by atoms with Crippen molar-refractivity contribution >= 4 is 15.7 Å². The van der Waals surface area contributed by atoms with E-state index >= 15 is 0 Å². The maximum atomic E-state index is 12.9. The summed E-state index contributed by atoms with van der Waals surface area (Å²) in [6, 6.07) is 15.6. The largest absolute Gasteiger partial charge is 0.497 e. The molecule has 0 fully saturated rings. The summed E-state index contributed by atoms with van der Waals surface area (Å²) in [5.74, 6) is 0.908. The zero-order valence-electron chi connectivity index (χ0n) is 13.1. The number of benzene rings is 2. The highest BCUT2D eigenvalue weighted by Gasteiger charge is 2.25. The van der Waals surface area contributed by atoms with Gasteiger partial charge in [0.15, 0.2) is 0 Å². The molecule has 0 N–H and O–H groups in total. The fourth-order valence-electron chi connectivity index (χ4n) is 2.14. The molecule has 2 aromatic carbocycles. The molecule has 0 aliphatic heterocycles. The standard InChI is InChI=1S/C17H21NO3S/c1-14(2)13-18(15-9-11-16(21-3)12-10-15)22(19,20)17-7-5-4-6-8-17/h4-12,14H,13H2,1-3H3. The Bertz CT molecular complexity index is 694. The Morgan fingerprint density at radius 2 is 1.59 bits per heavy atom. The molecule has 0 saturated carbocycles. The van der Waals surface area contributed by atoms with Crippen LogP contribution in [0.25, 0.3) is 0 Å². The Balaban J connectivity index is 2.45. The Morgan fingerprint density at radius 1 is 1.00 bits per heavy atom. The van der Waals surface area contributed by atoms with Crippen molar-refractivity contribution in [3.63, 3.8) is 0 Å². The maximum Gasteiger partial charge on any atom is 0.264 e. The SMILES string of the molecule is COc1ccc(N(CC(C)C)S(=O)(=O)c2ccccc2)cc1. The van der Waals surface area contributed by atoms with Crippen LogP contribution in [0.3, 0.4) is 0 Å². The van der Waals surface area contributed by atoms with Crippen LogP contribution in [0.1, 0.15) is 13.8 Å². The Morgan fingerprint density at radius 3 is 2.09 bits per heavy atom. The van der Waals surface area contributed by atoms with Gasteiger partial charge in [-0.05, 0) is 42.3 Å². The average Bonchev–Trinajstić information content (AvgIpc) is 2.53. The smallest absolute Gasteiger partial charge is 0.264 e. The molecule has 5 heteroatoms. The van der Waals surface area contributed by atoms with Gasteiger partial charge in [-0.1, -0.05) is 32.0 Å². The molecule has 0 radical (unpaired) electrons. The van der Waals surface area contributed by atoms with Crippen LogP contribution in [0.4, 0.5) is 5.69 Å². The first kappa shape index (κ1) is 16.4. The van der Waals surface area contributed by atoms with E-state index in [0.29, 0.717) is 22.9 Å². The highest BCUT2D eigenvalue weighted by molar-refractivity contribution is 7.92. The van der Waals surface area contributed by atoms with Crippen molar-refractivity contribution in [3.05, 3.63) is 54.6 Å². The molecule has 0 spiro atoms. The summed E-state index contributed by atoms with van der Waals surface area (Å²) in [5, 5.41) is 0. The molecule has 0 bridgehead atoms. The molecule has 2 rings (SSSR count). The summed E-state index contributed by atoms with van der Waals surface area (Å²) in [4.78, 5) is 0.298. The molecule has 4 nitrogen and oxygen atoms in total. The van der Waals surface area contributed by atoms with Gasteiger partial charge >= 0.3 is 0 Å². The minimum atomic E-state index is -3.58. The van der Waals surface area contributed by atoms with Crippen molar-refractivity contribution in [2.75, 3.05) is 18.0 Å². The van der Waals surface area contributed by atoms with Crippen molar-refractivity contribution in [2.24, 2.45) is 5.92 Å². The lowest BCUT2D eigenvalue weighted by Gasteiger charge is -2.26. The first-order valence-electron chi connectivity index (χ1n) is 7.17. The quantitative estimate of drug-likeness (QED) is 0.818. The lowest BCUT2D eigenvalue weighted by molar-refractivity contribution is 0.415. The van der Waals surface area contributed by atoms with E-state index in [4.69, 9.17) is 4.74 Å². The monoisotopic (exact) mass is 319 g/mol. The fraction of sp³-hybridized carbons (Fsp3) is 0.294. The average molecular weight is 319 g/mol. The highest BCUT2D eigenvalue weighted by atomic mass is 32.2. The molecule has 2 aromatic rings. The van der Waals surface area contributed by atoms with Gasteiger partial charge < -0.3 is 4.74 Å². The highest BCUT2D eigenvalue weighted by Crippen LogP contribution is 2.26. The Hall–Kier alpha value is -2.01. The van der Waals surface area contributed by atoms with Gasteiger partial charge in [-0.3, -0.25) is 4.31 Å². The lowest BCUT2D eigenvalue weighted by atomic mass is 10.2. The normalized spacial score (nSPS) is 11.5. The first-order valence-corrected chi connectivity index (χ1v) is 8.61. The molecule has 0 atom stereocenters. The molecule has 0 amide bonds. The van der Waals surface area contributed by atoms with Gasteiger partial charge in [0.25, 0.3) is 10.0 Å². The summed E-state index contributed by atoms with van der Waals surface area (Å²) in [7, 11) is -1.99. The van der Waals surface area contributed by atoms with Crippen LogP contribution in [-0.2, 0) is 10.0 Å². The number of rotatable bonds is 6. The summed E-state index contributed by atoms with van der Waals surface area (Å²) in [5.41, 5.74) is 0.637. The predicted molar refractivity (Wildman–Crippen MR) is 88.8 cm³/mol. The number of hydrogen-bond donors (Lipinski definition) is 0. The van der Waals surface area contributed by atoms with Crippen molar-refractivity contribution in [3.8, 4) is 5.75 Å². The number of anilines is 1. The second-order valence-corrected chi connectivity index (χ2v) is 7.30. The molecule has 118 valence electrons. The third-order valence-electron chi connectivity index (χ3n) is 3.22. The first-order chi connectivity index (χ1) is 10.4. The van der Waals surface area contributed by atoms with Crippen LogP contribution in [0.15, 0.2) is 59.5 Å². The molecule has 0 heterocycles. The van der Waals surface area contributed by atoms with Gasteiger partial charge in [0.05, 0.1) is 17.7 Å². The molecular weight excluding hydrogens is 298 g/mol. The Labute approximate surface area is 132 Å². The second-order valence-electron chi connectivity index (χ2n) is 5.44. The van der Waals surface area contributed by atoms with E-state index in [2.05, 4.69) is 0 Å². The topological polar surface area (TPSA) is 46.6 Å². The van der Waals surface area contributed by atoms with E-state index in [0.717, 1.165) is 0 Å². The van der Waals surface area contributed by atoms with Crippen LogP contribution in [0.5, 0.6) is 5.75 Å². The molecule has 0 unspecified atom stereocenters. The predicted octanol–water partition coefficient (Wildman–Crippen LogP) is 3.55. The van der Waals surface area contributed by atoms with E-state index in [9.17, 15) is 8.42 Å². The second kappa shape index (κ2) is 6.83. The molecule has 0 saturated heterocycles. The summed E-state index contributed by atoms with van der Waals surface area (Å²) >= 11 is 0. The number of nitrogens with zero attached hydrogens (tertiary/aromatic N) is 1. The van der Waals surface area contributed by atoms with Crippen LogP contribution >= 0.6 is 0 Å². The van der Waals surface area contributed by atoms with Gasteiger partial charge in [-0.15, -0.1) is 0 Å². The van der Waals surface area contributed by atoms with Gasteiger partial charge in [0, 0.05) is 6.54 Å². The van der Waals surface area contributed by atoms with Crippen molar-refractivity contribution in [1.29, 1.82) is 0 Å². The molecule has 0 aromatic heterocycles. The van der Waals surface area contributed by atoms with Gasteiger partial charge in [-0.2, -0.15) is 0 Å². The number of hydrogen-bond acceptors (Lipinski definition) is 3. The van der Waals surface area contributed by atoms with E-state index < -0.39 is 10.0 Å². The van der Waals surface area contributed by atoms with Crippen LogP contribution in [0.2, 0.25) is 0 Å². The van der Waals surface area contributed by atoms with Crippen LogP contribution < -0.4 is 9.04 Å². The molecule has 22 heavy (non-hydrogen) atoms. The summed E-state index contributed by atoms with van der Waals surface area (Å²) in [6.45, 7) is 4.41. The van der Waals surface area contributed by atoms with Gasteiger partial charge in [0.1, 0.15) is 5.75 Å². The van der Waals surface area contributed by atoms with Gasteiger partial charge in [0.2, 0.25) is 0 Å². The third-order valence-corrected chi connectivity index (χ3v) is 5.03. The minimum Gasteiger partial charge on any atom is -0.497 e. The summed E-state index contributed by atoms with van der Waals surface area (Å²) < 4.78 is 32.4. The Kier molecular flexibility index (Phi) is 5.08. The maximum absolute atomic E-state index is 12.9. The van der Waals surface area contributed by atoms with E-state index in [1.807, 2.05) is 13.8 Å². The van der Waals surface area contributed by atoms with E-state index in [1.165, 1.54) is 4.31 Å². The van der Waals surface area contributed by atoms with Crippen LogP contribution in [-0.4, -0.2) is 22.1 Å². The lowest BCUT2D eigenvalue weighted by Crippen LogP contribution is -2.34. The molecule has 0 aliphatic carbocycles. The number of sulfonamides is 1. The van der Waals surface area contributed by atoms with E-state index in [-0.39, 0.29) is 5.92 Å². The van der Waals surface area contributed by atoms with Gasteiger partial charge in [-0.25, -0.2) is 8.42 Å². The zero-order valence-corrected chi connectivity index (χ0v) is 13.9. The fourth-order valence-corrected chi connectivity index (χ4v) is 3.79.